The third-order valence-corrected chi connectivity index (χ3v) is 3.48. The highest BCUT2D eigenvalue weighted by Crippen LogP contribution is 2.23. The molecule has 0 saturated heterocycles. The molecule has 4 nitrogen and oxygen atoms in total. The van der Waals surface area contributed by atoms with Crippen LogP contribution in [0, 0.1) is 5.82 Å². The number of hydrogen-bond donors (Lipinski definition) is 2. The maximum atomic E-state index is 13.7. The van der Waals surface area contributed by atoms with E-state index in [4.69, 9.17) is 22.5 Å². The Morgan fingerprint density at radius 2 is 2.05 bits per heavy atom. The van der Waals surface area contributed by atoms with E-state index in [0.29, 0.717) is 22.8 Å². The van der Waals surface area contributed by atoms with Crippen molar-refractivity contribution in [2.24, 2.45) is 10.9 Å². The zero-order valence-corrected chi connectivity index (χ0v) is 12.2. The van der Waals surface area contributed by atoms with Crippen molar-refractivity contribution in [2.75, 3.05) is 11.9 Å². The molecule has 6 heteroatoms. The third kappa shape index (κ3) is 3.44. The Balaban J connectivity index is 2.22. The van der Waals surface area contributed by atoms with Crippen molar-refractivity contribution in [3.05, 3.63) is 64.4 Å². The first-order valence-electron chi connectivity index (χ1n) is 6.25. The van der Waals surface area contributed by atoms with Gasteiger partial charge in [-0.3, -0.25) is 0 Å². The number of nitrogens with zero attached hydrogens (tertiary/aromatic N) is 2. The second kappa shape index (κ2) is 6.45. The molecule has 0 aromatic heterocycles. The van der Waals surface area contributed by atoms with Crippen LogP contribution in [0.3, 0.4) is 0 Å². The second-order valence-electron chi connectivity index (χ2n) is 4.60. The molecule has 0 spiro atoms. The van der Waals surface area contributed by atoms with Crippen molar-refractivity contribution in [3.8, 4) is 0 Å². The van der Waals surface area contributed by atoms with Crippen LogP contribution in [0.1, 0.15) is 11.1 Å². The molecule has 0 saturated carbocycles. The van der Waals surface area contributed by atoms with Gasteiger partial charge in [0.15, 0.2) is 5.84 Å². The summed E-state index contributed by atoms with van der Waals surface area (Å²) in [6.45, 7) is 0.441. The van der Waals surface area contributed by atoms with E-state index in [1.807, 2.05) is 0 Å². The standard InChI is InChI=1S/C15H15ClFN3O/c1-20(14-5-3-2-4-13(14)17)9-11-7-6-10(8-12(11)16)15(18)19-21/h2-8,21H,9H2,1H3,(H2,18,19). The molecule has 0 fully saturated rings. The fraction of sp³-hybridized carbons (Fsp3) is 0.133. The van der Waals surface area contributed by atoms with Gasteiger partial charge >= 0.3 is 0 Å². The van der Waals surface area contributed by atoms with Crippen LogP contribution in [-0.2, 0) is 6.54 Å². The maximum absolute atomic E-state index is 13.7. The predicted octanol–water partition coefficient (Wildman–Crippen LogP) is 3.21. The van der Waals surface area contributed by atoms with E-state index in [2.05, 4.69) is 5.16 Å². The predicted molar refractivity (Wildman–Crippen MR) is 82.5 cm³/mol. The summed E-state index contributed by atoms with van der Waals surface area (Å²) < 4.78 is 13.7. The Labute approximate surface area is 127 Å². The van der Waals surface area contributed by atoms with Gasteiger partial charge in [0, 0.05) is 24.2 Å². The van der Waals surface area contributed by atoms with Crippen LogP contribution in [-0.4, -0.2) is 18.1 Å². The molecule has 0 aliphatic carbocycles. The fourth-order valence-electron chi connectivity index (χ4n) is 1.99. The molecule has 0 aliphatic heterocycles. The van der Waals surface area contributed by atoms with Gasteiger partial charge in [-0.2, -0.15) is 0 Å². The van der Waals surface area contributed by atoms with Gasteiger partial charge in [-0.1, -0.05) is 41.0 Å². The molecule has 2 aromatic carbocycles. The molecule has 2 aromatic rings. The molecule has 0 unspecified atom stereocenters. The normalized spacial score (nSPS) is 11.5. The van der Waals surface area contributed by atoms with E-state index in [0.717, 1.165) is 5.56 Å². The lowest BCUT2D eigenvalue weighted by Crippen LogP contribution is -2.18. The van der Waals surface area contributed by atoms with Gasteiger partial charge in [0.25, 0.3) is 0 Å². The maximum Gasteiger partial charge on any atom is 0.170 e. The Kier molecular flexibility index (Phi) is 4.65. The van der Waals surface area contributed by atoms with Crippen molar-refractivity contribution in [2.45, 2.75) is 6.54 Å². The quantitative estimate of drug-likeness (QED) is 0.394. The van der Waals surface area contributed by atoms with Gasteiger partial charge in [0.2, 0.25) is 0 Å². The molecule has 0 radical (unpaired) electrons. The molecular formula is C15H15ClFN3O. The minimum absolute atomic E-state index is 0.00842. The average Bonchev–Trinajstić information content (AvgIpc) is 2.48. The lowest BCUT2D eigenvalue weighted by molar-refractivity contribution is 0.318. The topological polar surface area (TPSA) is 61.8 Å². The van der Waals surface area contributed by atoms with E-state index in [1.165, 1.54) is 6.07 Å². The van der Waals surface area contributed by atoms with Crippen LogP contribution in [0.15, 0.2) is 47.6 Å². The van der Waals surface area contributed by atoms with Crippen molar-refractivity contribution in [3.63, 3.8) is 0 Å². The Bertz CT molecular complexity index is 676. The minimum atomic E-state index is -0.288. The number of para-hydroxylation sites is 1. The zero-order chi connectivity index (χ0) is 15.4. The zero-order valence-electron chi connectivity index (χ0n) is 11.4. The largest absolute Gasteiger partial charge is 0.409 e. The van der Waals surface area contributed by atoms with Crippen LogP contribution < -0.4 is 10.6 Å². The van der Waals surface area contributed by atoms with E-state index in [1.54, 1.807) is 48.3 Å². The molecule has 0 atom stereocenters. The summed E-state index contributed by atoms with van der Waals surface area (Å²) in [6, 6.07) is 11.6. The smallest absolute Gasteiger partial charge is 0.170 e. The number of amidine groups is 1. The van der Waals surface area contributed by atoms with Crippen LogP contribution in [0.25, 0.3) is 0 Å². The van der Waals surface area contributed by atoms with Crippen molar-refractivity contribution in [1.82, 2.24) is 0 Å². The van der Waals surface area contributed by atoms with Crippen LogP contribution >= 0.6 is 11.6 Å². The highest BCUT2D eigenvalue weighted by Gasteiger charge is 2.10. The lowest BCUT2D eigenvalue weighted by Gasteiger charge is -2.20. The first kappa shape index (κ1) is 15.1. The van der Waals surface area contributed by atoms with E-state index < -0.39 is 0 Å². The van der Waals surface area contributed by atoms with E-state index in [9.17, 15) is 4.39 Å². The Morgan fingerprint density at radius 3 is 2.67 bits per heavy atom. The van der Waals surface area contributed by atoms with Crippen LogP contribution in [0.2, 0.25) is 5.02 Å². The summed E-state index contributed by atoms with van der Waals surface area (Å²) in [4.78, 5) is 1.76. The second-order valence-corrected chi connectivity index (χ2v) is 5.01. The molecule has 0 aliphatic rings. The molecular weight excluding hydrogens is 293 g/mol. The highest BCUT2D eigenvalue weighted by atomic mass is 35.5. The Hall–Kier alpha value is -2.27. The average molecular weight is 308 g/mol. The number of anilines is 1. The third-order valence-electron chi connectivity index (χ3n) is 3.13. The van der Waals surface area contributed by atoms with Gasteiger partial charge in [0.1, 0.15) is 5.82 Å². The molecule has 21 heavy (non-hydrogen) atoms. The van der Waals surface area contributed by atoms with Crippen molar-refractivity contribution in [1.29, 1.82) is 0 Å². The summed E-state index contributed by atoms with van der Waals surface area (Å²) >= 11 is 6.19. The fourth-order valence-corrected chi connectivity index (χ4v) is 2.23. The minimum Gasteiger partial charge on any atom is -0.409 e. The summed E-state index contributed by atoms with van der Waals surface area (Å²) in [7, 11) is 1.78. The molecule has 0 bridgehead atoms. The van der Waals surface area contributed by atoms with Gasteiger partial charge in [-0.15, -0.1) is 0 Å². The number of benzene rings is 2. The van der Waals surface area contributed by atoms with E-state index >= 15 is 0 Å². The summed E-state index contributed by atoms with van der Waals surface area (Å²) in [5, 5.41) is 12.0. The highest BCUT2D eigenvalue weighted by molar-refractivity contribution is 6.31. The first-order valence-corrected chi connectivity index (χ1v) is 6.62. The molecule has 110 valence electrons. The number of rotatable bonds is 4. The van der Waals surface area contributed by atoms with Crippen LogP contribution in [0.5, 0.6) is 0 Å². The number of nitrogens with two attached hydrogens (primary N) is 1. The summed E-state index contributed by atoms with van der Waals surface area (Å²) in [5.41, 5.74) is 7.35. The van der Waals surface area contributed by atoms with E-state index in [-0.39, 0.29) is 11.7 Å². The molecule has 0 amide bonds. The lowest BCUT2D eigenvalue weighted by atomic mass is 10.1. The molecule has 2 rings (SSSR count). The van der Waals surface area contributed by atoms with Gasteiger partial charge in [0.05, 0.1) is 5.69 Å². The molecule has 0 heterocycles. The monoisotopic (exact) mass is 307 g/mol. The van der Waals surface area contributed by atoms with Gasteiger partial charge in [-0.05, 0) is 23.8 Å². The first-order chi connectivity index (χ1) is 10.0. The van der Waals surface area contributed by atoms with Crippen molar-refractivity contribution >= 4 is 23.1 Å². The summed E-state index contributed by atoms with van der Waals surface area (Å²) in [5.74, 6) is -0.296. The summed E-state index contributed by atoms with van der Waals surface area (Å²) in [6.07, 6.45) is 0. The SMILES string of the molecule is CN(Cc1ccc(/C(N)=N/O)cc1Cl)c1ccccc1F. The molecule has 3 N–H and O–H groups in total. The number of hydrogen-bond acceptors (Lipinski definition) is 3. The van der Waals surface area contributed by atoms with Crippen LogP contribution in [0.4, 0.5) is 10.1 Å². The number of halogens is 2. The van der Waals surface area contributed by atoms with Gasteiger partial charge in [-0.25, -0.2) is 4.39 Å². The Morgan fingerprint density at radius 1 is 1.33 bits per heavy atom. The van der Waals surface area contributed by atoms with Crippen molar-refractivity contribution < 1.29 is 9.60 Å². The number of oxime groups is 1. The van der Waals surface area contributed by atoms with Gasteiger partial charge < -0.3 is 15.8 Å².